The lowest BCUT2D eigenvalue weighted by atomic mass is 9.97. The van der Waals surface area contributed by atoms with Crippen molar-refractivity contribution in [2.24, 2.45) is 5.92 Å². The van der Waals surface area contributed by atoms with Crippen LogP contribution in [0.25, 0.3) is 0 Å². The molecule has 0 unspecified atom stereocenters. The molecular formula is C14H20Br2N2O. The third kappa shape index (κ3) is 4.10. The number of nitrogens with one attached hydrogen (secondary N) is 1. The number of hydrogen-bond acceptors (Lipinski definition) is 3. The van der Waals surface area contributed by atoms with E-state index in [4.69, 9.17) is 4.74 Å². The van der Waals surface area contributed by atoms with Gasteiger partial charge in [-0.2, -0.15) is 0 Å². The highest BCUT2D eigenvalue weighted by molar-refractivity contribution is 9.11. The standard InChI is InChI=1S/C14H20Br2N2O/c1-18-5-3-10(4-6-18)9-17-13-8-14(19-2)12(16)7-11(13)15/h7-8,10,17H,3-6,9H2,1-2H3. The molecule has 1 saturated heterocycles. The summed E-state index contributed by atoms with van der Waals surface area (Å²) in [6.07, 6.45) is 2.55. The van der Waals surface area contributed by atoms with Gasteiger partial charge in [0.15, 0.2) is 0 Å². The molecule has 0 bridgehead atoms. The third-order valence-electron chi connectivity index (χ3n) is 3.66. The van der Waals surface area contributed by atoms with Crippen LogP contribution in [0.3, 0.4) is 0 Å². The Morgan fingerprint density at radius 3 is 2.58 bits per heavy atom. The maximum absolute atomic E-state index is 5.33. The van der Waals surface area contributed by atoms with E-state index in [1.807, 2.05) is 12.1 Å². The van der Waals surface area contributed by atoms with Gasteiger partial charge in [-0.1, -0.05) is 0 Å². The Morgan fingerprint density at radius 2 is 1.95 bits per heavy atom. The Labute approximate surface area is 132 Å². The number of hydrogen-bond donors (Lipinski definition) is 1. The Morgan fingerprint density at radius 1 is 1.26 bits per heavy atom. The second kappa shape index (κ2) is 6.95. The summed E-state index contributed by atoms with van der Waals surface area (Å²) in [6.45, 7) is 3.44. The molecule has 1 aliphatic heterocycles. The maximum Gasteiger partial charge on any atom is 0.135 e. The van der Waals surface area contributed by atoms with E-state index < -0.39 is 0 Å². The van der Waals surface area contributed by atoms with Crippen LogP contribution in [0.5, 0.6) is 5.75 Å². The van der Waals surface area contributed by atoms with Gasteiger partial charge in [-0.15, -0.1) is 0 Å². The molecule has 1 heterocycles. The van der Waals surface area contributed by atoms with Gasteiger partial charge in [0.25, 0.3) is 0 Å². The number of ether oxygens (including phenoxy) is 1. The number of piperidine rings is 1. The van der Waals surface area contributed by atoms with Gasteiger partial charge in [0.2, 0.25) is 0 Å². The first-order chi connectivity index (χ1) is 9.10. The zero-order valence-corrected chi connectivity index (χ0v) is 14.6. The quantitative estimate of drug-likeness (QED) is 0.840. The number of methoxy groups -OCH3 is 1. The van der Waals surface area contributed by atoms with Gasteiger partial charge < -0.3 is 15.0 Å². The number of anilines is 1. The van der Waals surface area contributed by atoms with Crippen LogP contribution >= 0.6 is 31.9 Å². The minimum Gasteiger partial charge on any atom is -0.495 e. The van der Waals surface area contributed by atoms with Gasteiger partial charge in [-0.25, -0.2) is 0 Å². The fraction of sp³-hybridized carbons (Fsp3) is 0.571. The number of likely N-dealkylation sites (tertiary alicyclic amines) is 1. The van der Waals surface area contributed by atoms with E-state index in [0.29, 0.717) is 0 Å². The van der Waals surface area contributed by atoms with Crippen LogP contribution in [0.15, 0.2) is 21.1 Å². The minimum atomic E-state index is 0.762. The lowest BCUT2D eigenvalue weighted by Gasteiger charge is -2.29. The molecule has 3 nitrogen and oxygen atoms in total. The van der Waals surface area contributed by atoms with Gasteiger partial charge >= 0.3 is 0 Å². The van der Waals surface area contributed by atoms with E-state index >= 15 is 0 Å². The van der Waals surface area contributed by atoms with Crippen molar-refractivity contribution in [1.29, 1.82) is 0 Å². The number of halogens is 2. The Hall–Kier alpha value is -0.260. The molecule has 0 atom stereocenters. The molecule has 1 aromatic carbocycles. The topological polar surface area (TPSA) is 24.5 Å². The largest absolute Gasteiger partial charge is 0.495 e. The summed E-state index contributed by atoms with van der Waals surface area (Å²) in [5.74, 6) is 1.62. The first-order valence-corrected chi connectivity index (χ1v) is 8.14. The molecule has 1 aromatic rings. The third-order valence-corrected chi connectivity index (χ3v) is 4.94. The summed E-state index contributed by atoms with van der Waals surface area (Å²) in [6, 6.07) is 4.05. The summed E-state index contributed by atoms with van der Waals surface area (Å²) in [7, 11) is 3.88. The molecule has 0 amide bonds. The van der Waals surface area contributed by atoms with Crippen LogP contribution in [-0.2, 0) is 0 Å². The monoisotopic (exact) mass is 390 g/mol. The Kier molecular flexibility index (Phi) is 5.54. The normalized spacial score (nSPS) is 17.5. The van der Waals surface area contributed by atoms with Crippen molar-refractivity contribution in [2.45, 2.75) is 12.8 Å². The van der Waals surface area contributed by atoms with Crippen LogP contribution in [-0.4, -0.2) is 38.7 Å². The Bertz CT molecular complexity index is 432. The van der Waals surface area contributed by atoms with Gasteiger partial charge in [-0.05, 0) is 76.8 Å². The average molecular weight is 392 g/mol. The van der Waals surface area contributed by atoms with E-state index in [2.05, 4.69) is 49.1 Å². The molecule has 106 valence electrons. The van der Waals surface area contributed by atoms with E-state index in [9.17, 15) is 0 Å². The van der Waals surface area contributed by atoms with Crippen molar-refractivity contribution in [2.75, 3.05) is 39.1 Å². The highest BCUT2D eigenvalue weighted by Gasteiger charge is 2.17. The first-order valence-electron chi connectivity index (χ1n) is 6.55. The van der Waals surface area contributed by atoms with Crippen LogP contribution in [0, 0.1) is 5.92 Å². The highest BCUT2D eigenvalue weighted by atomic mass is 79.9. The first kappa shape index (κ1) is 15.1. The minimum absolute atomic E-state index is 0.762. The Balaban J connectivity index is 1.95. The molecule has 0 spiro atoms. The second-order valence-corrected chi connectivity index (χ2v) is 6.80. The van der Waals surface area contributed by atoms with E-state index in [0.717, 1.165) is 32.8 Å². The summed E-state index contributed by atoms with van der Waals surface area (Å²) in [5, 5.41) is 3.53. The zero-order chi connectivity index (χ0) is 13.8. The maximum atomic E-state index is 5.33. The lowest BCUT2D eigenvalue weighted by molar-refractivity contribution is 0.226. The highest BCUT2D eigenvalue weighted by Crippen LogP contribution is 2.34. The number of nitrogens with zero attached hydrogens (tertiary/aromatic N) is 1. The van der Waals surface area contributed by atoms with Gasteiger partial charge in [-0.3, -0.25) is 0 Å². The van der Waals surface area contributed by atoms with Crippen LogP contribution in [0.4, 0.5) is 5.69 Å². The SMILES string of the molecule is COc1cc(NCC2CCN(C)CC2)c(Br)cc1Br. The van der Waals surface area contributed by atoms with Gasteiger partial charge in [0, 0.05) is 17.1 Å². The molecule has 19 heavy (non-hydrogen) atoms. The summed E-state index contributed by atoms with van der Waals surface area (Å²) < 4.78 is 7.36. The summed E-state index contributed by atoms with van der Waals surface area (Å²) >= 11 is 7.08. The molecule has 0 aliphatic carbocycles. The molecule has 1 N–H and O–H groups in total. The van der Waals surface area contributed by atoms with E-state index in [-0.39, 0.29) is 0 Å². The van der Waals surface area contributed by atoms with Crippen molar-refractivity contribution >= 4 is 37.5 Å². The van der Waals surface area contributed by atoms with Crippen molar-refractivity contribution in [3.05, 3.63) is 21.1 Å². The lowest BCUT2D eigenvalue weighted by Crippen LogP contribution is -2.32. The van der Waals surface area contributed by atoms with Crippen LogP contribution < -0.4 is 10.1 Å². The van der Waals surface area contributed by atoms with Gasteiger partial charge in [0.1, 0.15) is 5.75 Å². The summed E-state index contributed by atoms with van der Waals surface area (Å²) in [5.41, 5.74) is 1.10. The zero-order valence-electron chi connectivity index (χ0n) is 11.4. The van der Waals surface area contributed by atoms with E-state index in [1.165, 1.54) is 25.9 Å². The van der Waals surface area contributed by atoms with Crippen molar-refractivity contribution in [3.63, 3.8) is 0 Å². The summed E-state index contributed by atoms with van der Waals surface area (Å²) in [4.78, 5) is 2.40. The fourth-order valence-corrected chi connectivity index (χ4v) is 3.64. The number of rotatable bonds is 4. The van der Waals surface area contributed by atoms with E-state index in [1.54, 1.807) is 7.11 Å². The molecule has 5 heteroatoms. The molecule has 0 saturated carbocycles. The average Bonchev–Trinajstić information content (AvgIpc) is 2.40. The molecule has 0 radical (unpaired) electrons. The smallest absolute Gasteiger partial charge is 0.135 e. The molecule has 1 aliphatic rings. The van der Waals surface area contributed by atoms with Gasteiger partial charge in [0.05, 0.1) is 17.3 Å². The predicted molar refractivity (Wildman–Crippen MR) is 87.1 cm³/mol. The second-order valence-electron chi connectivity index (χ2n) is 5.09. The molecule has 2 rings (SSSR count). The fourth-order valence-electron chi connectivity index (χ4n) is 2.34. The van der Waals surface area contributed by atoms with Crippen molar-refractivity contribution in [1.82, 2.24) is 4.90 Å². The molecule has 0 aromatic heterocycles. The van der Waals surface area contributed by atoms with Crippen molar-refractivity contribution < 1.29 is 4.74 Å². The van der Waals surface area contributed by atoms with Crippen LogP contribution in [0.1, 0.15) is 12.8 Å². The molecular weight excluding hydrogens is 372 g/mol. The predicted octanol–water partition coefficient (Wildman–Crippen LogP) is 3.97. The van der Waals surface area contributed by atoms with Crippen molar-refractivity contribution in [3.8, 4) is 5.75 Å². The number of benzene rings is 1. The molecule has 1 fully saturated rings. The van der Waals surface area contributed by atoms with Crippen LogP contribution in [0.2, 0.25) is 0 Å².